The monoisotopic (exact) mass is 587 g/mol. The molecule has 0 radical (unpaired) electrons. The number of carbonyl (C=O) groups excluding carboxylic acids is 1. The first kappa shape index (κ1) is 25.0. The van der Waals surface area contributed by atoms with Crippen molar-refractivity contribution in [3.63, 3.8) is 0 Å². The van der Waals surface area contributed by atoms with Gasteiger partial charge in [-0.25, -0.2) is 14.4 Å². The number of anilines is 3. The molecule has 0 spiro atoms. The van der Waals surface area contributed by atoms with Gasteiger partial charge in [-0.3, -0.25) is 4.79 Å². The maximum Gasteiger partial charge on any atom is 0.263 e. The molecule has 0 unspecified atom stereocenters. The van der Waals surface area contributed by atoms with E-state index >= 15 is 0 Å². The molecule has 3 saturated heterocycles. The predicted molar refractivity (Wildman–Crippen MR) is 155 cm³/mol. The van der Waals surface area contributed by atoms with E-state index in [4.69, 9.17) is 12.2 Å². The third-order valence-electron chi connectivity index (χ3n) is 8.65. The van der Waals surface area contributed by atoms with Crippen LogP contribution < -0.4 is 16.0 Å². The number of hydrogen-bond acceptors (Lipinski definition) is 11. The molecule has 8 rings (SSSR count). The summed E-state index contributed by atoms with van der Waals surface area (Å²) in [7, 11) is 0. The Balaban J connectivity index is 1.27. The first-order chi connectivity index (χ1) is 21.4. The second kappa shape index (κ2) is 10.3. The highest BCUT2D eigenvalue weighted by Crippen LogP contribution is 2.42. The number of piperidine rings is 3. The summed E-state index contributed by atoms with van der Waals surface area (Å²) in [4.78, 5) is 33.2. The van der Waals surface area contributed by atoms with E-state index in [9.17, 15) is 14.3 Å². The van der Waals surface area contributed by atoms with Crippen molar-refractivity contribution in [1.29, 1.82) is 0 Å². The van der Waals surface area contributed by atoms with Gasteiger partial charge in [-0.15, -0.1) is 0 Å². The number of carbonyl (C=O) groups is 1. The number of hydrogen-bond donors (Lipinski definition) is 4. The average Bonchev–Trinajstić information content (AvgIpc) is 3.60. The van der Waals surface area contributed by atoms with Crippen molar-refractivity contribution in [3.05, 3.63) is 71.1 Å². The number of amides is 1. The van der Waals surface area contributed by atoms with E-state index in [2.05, 4.69) is 41.0 Å². The Bertz CT molecular complexity index is 1760. The number of pyridine rings is 1. The Morgan fingerprint density at radius 2 is 1.84 bits per heavy atom. The van der Waals surface area contributed by atoms with Gasteiger partial charge in [0.05, 0.1) is 32.1 Å². The molecule has 4 aliphatic heterocycles. The molecule has 4 aromatic rings. The van der Waals surface area contributed by atoms with Crippen molar-refractivity contribution in [2.45, 2.75) is 50.1 Å². The van der Waals surface area contributed by atoms with Crippen LogP contribution in [0.3, 0.4) is 0 Å². The van der Waals surface area contributed by atoms with Gasteiger partial charge in [0.1, 0.15) is 23.0 Å². The van der Waals surface area contributed by atoms with E-state index in [0.29, 0.717) is 22.9 Å². The van der Waals surface area contributed by atoms with Gasteiger partial charge in [-0.05, 0) is 82.6 Å². The molecule has 1 amide bonds. The number of nitrogens with one attached hydrogen (secondary N) is 3. The number of aliphatic hydroxyl groups is 1. The third kappa shape index (κ3) is 4.97. The van der Waals surface area contributed by atoms with Gasteiger partial charge in [0.25, 0.3) is 11.8 Å². The first-order valence-electron chi connectivity index (χ1n) is 15.2. The molecule has 222 valence electrons. The fourth-order valence-corrected chi connectivity index (χ4v) is 6.11. The smallest absolute Gasteiger partial charge is 0.263 e. The maximum absolute atomic E-state index is 13.7. The largest absolute Gasteiger partial charge is 0.394 e. The van der Waals surface area contributed by atoms with Crippen molar-refractivity contribution in [1.82, 2.24) is 35.3 Å². The van der Waals surface area contributed by atoms with Gasteiger partial charge in [0, 0.05) is 11.6 Å². The number of nitrogens with zero attached hydrogens (tertiary/aromatic N) is 6. The number of rotatable bonds is 8. The third-order valence-corrected chi connectivity index (χ3v) is 8.65. The van der Waals surface area contributed by atoms with Crippen LogP contribution in [-0.4, -0.2) is 67.2 Å². The Labute approximate surface area is 250 Å². The zero-order chi connectivity index (χ0) is 31.6. The van der Waals surface area contributed by atoms with Crippen LogP contribution in [0.4, 0.5) is 22.0 Å². The summed E-state index contributed by atoms with van der Waals surface area (Å²) in [6.07, 6.45) is 4.26. The zero-order valence-electron chi connectivity index (χ0n) is 25.7. The van der Waals surface area contributed by atoms with Crippen LogP contribution in [0.2, 0.25) is 0 Å². The van der Waals surface area contributed by atoms with Gasteiger partial charge >= 0.3 is 0 Å². The van der Waals surface area contributed by atoms with Crippen molar-refractivity contribution in [3.8, 4) is 11.5 Å². The lowest BCUT2D eigenvalue weighted by molar-refractivity contribution is 0.0747. The normalized spacial score (nSPS) is 23.6. The number of halogens is 1. The lowest BCUT2D eigenvalue weighted by Gasteiger charge is -2.46. The number of fused-ring (bicyclic) bond motifs is 4. The minimum Gasteiger partial charge on any atom is -0.394 e. The highest BCUT2D eigenvalue weighted by molar-refractivity contribution is 5.99. The maximum atomic E-state index is 13.7. The SMILES string of the molecule is [2H]C([2H])(O)[C@@H](Nc1nc(Nc2ccc3c(n2)C(C)(C)NC3=O)ncc1-c1nc(C23CCN(CC2)CC3)no1)c1ccc(F)cc1. The summed E-state index contributed by atoms with van der Waals surface area (Å²) in [5.41, 5.74) is 0.783. The van der Waals surface area contributed by atoms with Crippen LogP contribution in [0.5, 0.6) is 0 Å². The minimum absolute atomic E-state index is 0.0873. The van der Waals surface area contributed by atoms with Gasteiger partial charge in [-0.1, -0.05) is 17.3 Å². The zero-order valence-corrected chi connectivity index (χ0v) is 23.7. The highest BCUT2D eigenvalue weighted by atomic mass is 19.1. The molecule has 1 aromatic carbocycles. The summed E-state index contributed by atoms with van der Waals surface area (Å²) >= 11 is 0. The second-order valence-corrected chi connectivity index (χ2v) is 11.8. The minimum atomic E-state index is -2.78. The van der Waals surface area contributed by atoms with Crippen molar-refractivity contribution < 1.29 is 21.6 Å². The van der Waals surface area contributed by atoms with E-state index in [1.165, 1.54) is 30.5 Å². The van der Waals surface area contributed by atoms with E-state index in [-0.39, 0.29) is 40.1 Å². The second-order valence-electron chi connectivity index (χ2n) is 11.8. The van der Waals surface area contributed by atoms with E-state index < -0.39 is 24.0 Å². The molecule has 13 heteroatoms. The summed E-state index contributed by atoms with van der Waals surface area (Å²) in [6.45, 7) is 3.85. The Morgan fingerprint density at radius 3 is 2.56 bits per heavy atom. The molecule has 0 saturated carbocycles. The summed E-state index contributed by atoms with van der Waals surface area (Å²) in [5, 5.41) is 23.8. The van der Waals surface area contributed by atoms with E-state index in [0.717, 1.165) is 38.9 Å². The van der Waals surface area contributed by atoms with E-state index in [1.54, 1.807) is 12.1 Å². The quantitative estimate of drug-likeness (QED) is 0.239. The van der Waals surface area contributed by atoms with Gasteiger partial charge in [-0.2, -0.15) is 9.97 Å². The number of aromatic nitrogens is 5. The molecule has 3 aromatic heterocycles. The summed E-state index contributed by atoms with van der Waals surface area (Å²) in [6, 6.07) is 7.07. The van der Waals surface area contributed by atoms with Crippen molar-refractivity contribution in [2.75, 3.05) is 36.8 Å². The molecule has 43 heavy (non-hydrogen) atoms. The Kier molecular flexibility index (Phi) is 6.03. The standard InChI is InChI=1S/C30H32FN9O3/c1-29(2)23-19(25(42)38-29)7-8-22(34-23)35-28-32-15-20(24(36-28)33-21(16-41)17-3-5-18(31)6-4-17)26-37-27(39-43-26)30-9-12-40(13-10-30)14-11-30/h3-8,15,21,41H,9-14,16H2,1-2H3,(H,38,42)(H2,32,33,34,35,36)/t21-/m1/s1/i16D2. The van der Waals surface area contributed by atoms with Crippen LogP contribution in [0.1, 0.15) is 69.3 Å². The fraction of sp³-hybridized carbons (Fsp3) is 0.400. The Hall–Kier alpha value is -4.49. The molecule has 2 bridgehead atoms. The topological polar surface area (TPSA) is 154 Å². The molecular formula is C30H32FN9O3. The van der Waals surface area contributed by atoms with Crippen molar-refractivity contribution >= 4 is 23.5 Å². The lowest BCUT2D eigenvalue weighted by atomic mass is 9.71. The van der Waals surface area contributed by atoms with Crippen LogP contribution >= 0.6 is 0 Å². The molecule has 3 fully saturated rings. The molecule has 1 atom stereocenters. The Morgan fingerprint density at radius 1 is 1.09 bits per heavy atom. The summed E-state index contributed by atoms with van der Waals surface area (Å²) < 4.78 is 35.8. The van der Waals surface area contributed by atoms with Crippen LogP contribution in [-0.2, 0) is 11.0 Å². The van der Waals surface area contributed by atoms with Crippen LogP contribution in [0, 0.1) is 5.82 Å². The fourth-order valence-electron chi connectivity index (χ4n) is 6.11. The average molecular weight is 588 g/mol. The molecular weight excluding hydrogens is 553 g/mol. The number of benzene rings is 1. The van der Waals surface area contributed by atoms with E-state index in [1.807, 2.05) is 13.8 Å². The predicted octanol–water partition coefficient (Wildman–Crippen LogP) is 3.67. The van der Waals surface area contributed by atoms with Crippen LogP contribution in [0.25, 0.3) is 11.5 Å². The highest BCUT2D eigenvalue weighted by Gasteiger charge is 2.44. The molecule has 7 heterocycles. The lowest BCUT2D eigenvalue weighted by Crippen LogP contribution is -2.51. The van der Waals surface area contributed by atoms with Crippen LogP contribution in [0.15, 0.2) is 47.1 Å². The summed E-state index contributed by atoms with van der Waals surface area (Å²) in [5.74, 6) is 0.613. The molecule has 12 nitrogen and oxygen atoms in total. The van der Waals surface area contributed by atoms with Crippen molar-refractivity contribution in [2.24, 2.45) is 0 Å². The molecule has 0 aliphatic carbocycles. The molecule has 4 aliphatic rings. The van der Waals surface area contributed by atoms with Gasteiger partial charge in [0.15, 0.2) is 5.82 Å². The van der Waals surface area contributed by atoms with Gasteiger partial charge < -0.3 is 30.5 Å². The molecule has 4 N–H and O–H groups in total. The first-order valence-corrected chi connectivity index (χ1v) is 14.2. The van der Waals surface area contributed by atoms with Gasteiger partial charge in [0.2, 0.25) is 5.95 Å².